The fourth-order valence-electron chi connectivity index (χ4n) is 5.68. The van der Waals surface area contributed by atoms with Crippen molar-refractivity contribution in [2.24, 2.45) is 5.41 Å². The highest BCUT2D eigenvalue weighted by Crippen LogP contribution is 2.47. The molecule has 0 N–H and O–H groups in total. The molecule has 1 aliphatic heterocycles. The molecule has 1 atom stereocenters. The van der Waals surface area contributed by atoms with Gasteiger partial charge in [0.15, 0.2) is 0 Å². The third-order valence-electron chi connectivity index (χ3n) is 8.58. The summed E-state index contributed by atoms with van der Waals surface area (Å²) in [7, 11) is 0. The quantitative estimate of drug-likeness (QED) is 0.0858. The van der Waals surface area contributed by atoms with Crippen LogP contribution >= 0.6 is 0 Å². The van der Waals surface area contributed by atoms with Gasteiger partial charge in [-0.05, 0) is 101 Å². The van der Waals surface area contributed by atoms with Crippen LogP contribution in [0.1, 0.15) is 58.0 Å². The molecule has 4 aromatic carbocycles. The zero-order valence-electron chi connectivity index (χ0n) is 26.3. The first-order chi connectivity index (χ1) is 23.0. The van der Waals surface area contributed by atoms with Gasteiger partial charge in [-0.2, -0.15) is 0 Å². The van der Waals surface area contributed by atoms with E-state index in [1.807, 2.05) is 25.1 Å². The van der Waals surface area contributed by atoms with E-state index in [2.05, 4.69) is 11.7 Å². The zero-order chi connectivity index (χ0) is 33.9. The van der Waals surface area contributed by atoms with Crippen LogP contribution in [0.3, 0.4) is 0 Å². The van der Waals surface area contributed by atoms with Gasteiger partial charge in [0.2, 0.25) is 0 Å². The van der Waals surface area contributed by atoms with E-state index in [9.17, 15) is 22.8 Å². The third kappa shape index (κ3) is 7.48. The Morgan fingerprint density at radius 3 is 1.71 bits per heavy atom. The van der Waals surface area contributed by atoms with E-state index < -0.39 is 24.1 Å². The summed E-state index contributed by atoms with van der Waals surface area (Å²) in [5, 5.41) is 0. The lowest BCUT2D eigenvalue weighted by Gasteiger charge is -2.40. The van der Waals surface area contributed by atoms with Gasteiger partial charge in [-0.3, -0.25) is 0 Å². The van der Waals surface area contributed by atoms with Crippen LogP contribution in [0.5, 0.6) is 23.0 Å². The van der Waals surface area contributed by atoms with Gasteiger partial charge in [-0.25, -0.2) is 9.59 Å². The smallest absolute Gasteiger partial charge is 0.491 e. The fraction of sp³-hybridized carbons (Fsp3) is 0.297. The average Bonchev–Trinajstić information content (AvgIpc) is 3.32. The Bertz CT molecular complexity index is 1770. The van der Waals surface area contributed by atoms with E-state index in [0.29, 0.717) is 36.9 Å². The number of ether oxygens (including phenoxy) is 6. The molecule has 2 aliphatic rings. The monoisotopic (exact) mass is 662 g/mol. The van der Waals surface area contributed by atoms with Gasteiger partial charge in [-0.1, -0.05) is 26.0 Å². The standard InChI is InChI=1S/C37H33F3O8/c1-3-36(21-44-22-36)20-43-16-17-45-26-8-4-24(5-9-26)34(41)46-28-12-14-30-31-15-13-29(19-33(31)23(2)32(30)18-28)47-35(42)25-6-10-27(11-7-25)48-37(38,39)40/h4-15,18-19,23H,3,16-17,20-22H2,1-2H3. The van der Waals surface area contributed by atoms with Crippen LogP contribution in [0.25, 0.3) is 11.1 Å². The van der Waals surface area contributed by atoms with E-state index in [1.165, 1.54) is 12.1 Å². The first-order valence-electron chi connectivity index (χ1n) is 15.5. The van der Waals surface area contributed by atoms with Crippen molar-refractivity contribution in [3.8, 4) is 34.1 Å². The predicted molar refractivity (Wildman–Crippen MR) is 169 cm³/mol. The Labute approximate surface area is 275 Å². The van der Waals surface area contributed by atoms with Crippen molar-refractivity contribution >= 4 is 11.9 Å². The number of alkyl halides is 3. The molecule has 8 nitrogen and oxygen atoms in total. The highest BCUT2D eigenvalue weighted by Gasteiger charge is 2.37. The van der Waals surface area contributed by atoms with E-state index in [1.54, 1.807) is 42.5 Å². The summed E-state index contributed by atoms with van der Waals surface area (Å²) in [5.41, 5.74) is 4.35. The van der Waals surface area contributed by atoms with Crippen molar-refractivity contribution in [3.05, 3.63) is 107 Å². The number of carbonyl (C=O) groups excluding carboxylic acids is 2. The number of hydrogen-bond donors (Lipinski definition) is 0. The molecule has 1 heterocycles. The Balaban J connectivity index is 1.03. The predicted octanol–water partition coefficient (Wildman–Crippen LogP) is 7.98. The van der Waals surface area contributed by atoms with Gasteiger partial charge in [-0.15, -0.1) is 13.2 Å². The zero-order valence-corrected chi connectivity index (χ0v) is 26.3. The summed E-state index contributed by atoms with van der Waals surface area (Å²) in [5.74, 6) is -0.464. The molecule has 250 valence electrons. The Morgan fingerprint density at radius 1 is 0.750 bits per heavy atom. The minimum Gasteiger partial charge on any atom is -0.491 e. The molecule has 0 spiro atoms. The lowest BCUT2D eigenvalue weighted by Crippen LogP contribution is -2.45. The molecule has 6 rings (SSSR count). The first kappa shape index (κ1) is 33.0. The maximum atomic E-state index is 12.9. The van der Waals surface area contributed by atoms with Gasteiger partial charge in [0.05, 0.1) is 37.6 Å². The topological polar surface area (TPSA) is 89.5 Å². The second-order valence-electron chi connectivity index (χ2n) is 11.8. The molecule has 4 aromatic rings. The highest BCUT2D eigenvalue weighted by atomic mass is 19.4. The van der Waals surface area contributed by atoms with Gasteiger partial charge in [0.25, 0.3) is 0 Å². The molecule has 1 aliphatic carbocycles. The lowest BCUT2D eigenvalue weighted by atomic mass is 9.84. The fourth-order valence-corrected chi connectivity index (χ4v) is 5.68. The van der Waals surface area contributed by atoms with E-state index in [-0.39, 0.29) is 22.6 Å². The Kier molecular flexibility index (Phi) is 9.43. The van der Waals surface area contributed by atoms with E-state index in [4.69, 9.17) is 23.7 Å². The largest absolute Gasteiger partial charge is 0.573 e. The molecule has 11 heteroatoms. The van der Waals surface area contributed by atoms with Gasteiger partial charge >= 0.3 is 18.3 Å². The second kappa shape index (κ2) is 13.7. The molecule has 0 amide bonds. The molecular formula is C37H33F3O8. The third-order valence-corrected chi connectivity index (χ3v) is 8.58. The second-order valence-corrected chi connectivity index (χ2v) is 11.8. The van der Waals surface area contributed by atoms with Crippen molar-refractivity contribution in [3.63, 3.8) is 0 Å². The summed E-state index contributed by atoms with van der Waals surface area (Å²) in [4.78, 5) is 25.6. The molecule has 0 bridgehead atoms. The van der Waals surface area contributed by atoms with Crippen LogP contribution in [-0.4, -0.2) is 51.3 Å². The highest BCUT2D eigenvalue weighted by molar-refractivity contribution is 5.92. The first-order valence-corrected chi connectivity index (χ1v) is 15.5. The van der Waals surface area contributed by atoms with Crippen LogP contribution in [0, 0.1) is 5.41 Å². The molecule has 0 radical (unpaired) electrons. The molecule has 1 saturated heterocycles. The summed E-state index contributed by atoms with van der Waals surface area (Å²) >= 11 is 0. The summed E-state index contributed by atoms with van der Waals surface area (Å²) in [6.45, 7) is 7.10. The SMILES string of the molecule is CCC1(COCCOc2ccc(C(=O)Oc3ccc4c(c3)C(C)c3cc(OC(=O)c5ccc(OC(F)(F)F)cc5)ccc3-4)cc2)COC1. The van der Waals surface area contributed by atoms with Crippen molar-refractivity contribution in [2.45, 2.75) is 32.5 Å². The minimum absolute atomic E-state index is 0.0696. The number of fused-ring (bicyclic) bond motifs is 3. The van der Waals surface area contributed by atoms with Crippen LogP contribution in [0.15, 0.2) is 84.9 Å². The summed E-state index contributed by atoms with van der Waals surface area (Å²) < 4.78 is 69.2. The Hall–Kier alpha value is -4.87. The lowest BCUT2D eigenvalue weighted by molar-refractivity contribution is -0.274. The average molecular weight is 663 g/mol. The van der Waals surface area contributed by atoms with Crippen LogP contribution in [0.4, 0.5) is 13.2 Å². The molecule has 0 aromatic heterocycles. The van der Waals surface area contributed by atoms with E-state index >= 15 is 0 Å². The molecule has 48 heavy (non-hydrogen) atoms. The summed E-state index contributed by atoms with van der Waals surface area (Å²) in [6.07, 6.45) is -3.81. The number of benzene rings is 4. The maximum Gasteiger partial charge on any atom is 0.573 e. The van der Waals surface area contributed by atoms with Gasteiger partial charge in [0.1, 0.15) is 29.6 Å². The van der Waals surface area contributed by atoms with Gasteiger partial charge < -0.3 is 28.4 Å². The molecular weight excluding hydrogens is 629 g/mol. The van der Waals surface area contributed by atoms with Gasteiger partial charge in [0, 0.05) is 11.3 Å². The van der Waals surface area contributed by atoms with E-state index in [0.717, 1.165) is 54.0 Å². The molecule has 1 unspecified atom stereocenters. The van der Waals surface area contributed by atoms with Crippen molar-refractivity contribution < 1.29 is 51.2 Å². The van der Waals surface area contributed by atoms with Crippen LogP contribution in [-0.2, 0) is 9.47 Å². The van der Waals surface area contributed by atoms with Crippen molar-refractivity contribution in [1.29, 1.82) is 0 Å². The summed E-state index contributed by atoms with van der Waals surface area (Å²) in [6, 6.07) is 21.9. The van der Waals surface area contributed by atoms with Crippen molar-refractivity contribution in [1.82, 2.24) is 0 Å². The molecule has 1 fully saturated rings. The van der Waals surface area contributed by atoms with Crippen molar-refractivity contribution in [2.75, 3.05) is 33.0 Å². The van der Waals surface area contributed by atoms with Crippen LogP contribution < -0.4 is 18.9 Å². The maximum absolute atomic E-state index is 12.9. The number of esters is 2. The molecule has 0 saturated carbocycles. The normalized spacial score (nSPS) is 15.9. The van der Waals surface area contributed by atoms with Crippen LogP contribution in [0.2, 0.25) is 0 Å². The minimum atomic E-state index is -4.83. The Morgan fingerprint density at radius 2 is 1.25 bits per heavy atom. The number of rotatable bonds is 12. The number of halogens is 3. The number of hydrogen-bond acceptors (Lipinski definition) is 8. The number of carbonyl (C=O) groups is 2.